The van der Waals surface area contributed by atoms with E-state index in [4.69, 9.17) is 69.6 Å². The molecule has 0 heterocycles. The van der Waals surface area contributed by atoms with Gasteiger partial charge in [0.1, 0.15) is 0 Å². The molecule has 0 saturated carbocycles. The third kappa shape index (κ3) is 13.2. The van der Waals surface area contributed by atoms with E-state index in [0.29, 0.717) is 11.1 Å². The molecule has 7 aromatic rings. The number of allylic oxidation sites excluding steroid dienone is 4. The summed E-state index contributed by atoms with van der Waals surface area (Å²) in [5.74, 6) is 0. The van der Waals surface area contributed by atoms with Crippen molar-refractivity contribution < 1.29 is 49.0 Å². The molecule has 0 saturated heterocycles. The summed E-state index contributed by atoms with van der Waals surface area (Å²) in [6, 6.07) is 48.7. The smallest absolute Gasteiger partial charge is 0.109 e. The molecule has 8 rings (SSSR count). The fourth-order valence-electron chi connectivity index (χ4n) is 7.22. The van der Waals surface area contributed by atoms with Crippen LogP contribution >= 0.6 is 69.6 Å². The van der Waals surface area contributed by atoms with Crippen LogP contribution in [0.1, 0.15) is 81.3 Å². The Bertz CT molecular complexity index is 2450. The van der Waals surface area contributed by atoms with Gasteiger partial charge in [-0.05, 0) is 44.2 Å². The van der Waals surface area contributed by atoms with E-state index in [1.54, 1.807) is 0 Å². The Labute approximate surface area is 425 Å². The number of hydrogen-bond donors (Lipinski definition) is 0. The quantitative estimate of drug-likeness (QED) is 0.122. The molecule has 0 aromatic heterocycles. The topological polar surface area (TPSA) is 0 Å². The molecule has 0 nitrogen and oxygen atoms in total. The van der Waals surface area contributed by atoms with Crippen LogP contribution in [0.25, 0.3) is 43.8 Å². The molecule has 0 bridgehead atoms. The second kappa shape index (κ2) is 21.8. The van der Waals surface area contributed by atoms with Gasteiger partial charge in [0.15, 0.2) is 0 Å². The van der Waals surface area contributed by atoms with Crippen LogP contribution in [0.5, 0.6) is 0 Å². The first-order valence-electron chi connectivity index (χ1n) is 19.7. The van der Waals surface area contributed by atoms with Crippen LogP contribution in [0.15, 0.2) is 158 Å². The Hall–Kier alpha value is -2.26. The molecule has 7 aromatic carbocycles. The number of alkyl halides is 6. The van der Waals surface area contributed by atoms with E-state index < -0.39 is 7.59 Å². The van der Waals surface area contributed by atoms with Crippen molar-refractivity contribution in [2.24, 2.45) is 0 Å². The molecule has 1 aliphatic rings. The Morgan fingerprint density at radius 2 is 0.903 bits per heavy atom. The zero-order valence-corrected chi connectivity index (χ0v) is 43.7. The molecule has 9 heteroatoms. The first-order chi connectivity index (χ1) is 28.2. The maximum absolute atomic E-state index is 5.86. The van der Waals surface area contributed by atoms with Gasteiger partial charge in [0.2, 0.25) is 0 Å². The SMILES string of the molecule is CC(C)(C)c1cc2c(cc1-c1ccccc1)[cH-]c1cc(-c3ccccc3)c(C(C)(C)C)cc12.ClC(Cl)(Cl)c1ccc([C](=[Zr+2])c2ccc(C(Cl)(Cl)Cl)cc2)cc1.[C-]1=CC=CC1.[Cl-].[Cl-]. The minimum absolute atomic E-state index is 0. The van der Waals surface area contributed by atoms with Gasteiger partial charge in [-0.15, -0.1) is 46.2 Å². The molecule has 0 radical (unpaired) electrons. The van der Waals surface area contributed by atoms with E-state index in [0.717, 1.165) is 17.5 Å². The molecule has 1 aliphatic carbocycles. The van der Waals surface area contributed by atoms with E-state index in [1.165, 1.54) is 82.4 Å². The van der Waals surface area contributed by atoms with Gasteiger partial charge in [0, 0.05) is 0 Å². The molecular formula is C53H46Cl8Zr-2. The van der Waals surface area contributed by atoms with E-state index in [-0.39, 0.29) is 35.6 Å². The van der Waals surface area contributed by atoms with Crippen LogP contribution in [-0.4, -0.2) is 3.21 Å². The van der Waals surface area contributed by atoms with Crippen molar-refractivity contribution in [1.29, 1.82) is 0 Å². The molecule has 0 amide bonds. The standard InChI is InChI=1S/C33H33.C15H8Cl6.C5H5.2ClH.Zr/c1-32(2,3)30-20-26-24(18-28(30)22-13-9-7-10-14-22)17-25-19-29(23-15-11-8-12-16-23)31(21-27(25)26)33(4,5)6;16-14(17,18)12-5-1-10(2-6-12)9-11-3-7-13(8-4-11)15(19,20)21;1-2-4-5-3-1;;;/h7-21H,1-6H3;1-8H;1-3H,4H2;2*1H;/q-1;;-1;;;+2/p-2. The van der Waals surface area contributed by atoms with Gasteiger partial charge in [-0.2, -0.15) is 6.08 Å². The minimum Gasteiger partial charge on any atom is -1.00 e. The summed E-state index contributed by atoms with van der Waals surface area (Å²) >= 11 is 36.4. The zero-order chi connectivity index (χ0) is 43.5. The minimum atomic E-state index is -1.41. The summed E-state index contributed by atoms with van der Waals surface area (Å²) in [7, 11) is 0. The summed E-state index contributed by atoms with van der Waals surface area (Å²) < 4.78 is -1.66. The predicted molar refractivity (Wildman–Crippen MR) is 261 cm³/mol. The third-order valence-electron chi connectivity index (χ3n) is 10.4. The van der Waals surface area contributed by atoms with Crippen LogP contribution in [0, 0.1) is 6.08 Å². The van der Waals surface area contributed by atoms with Gasteiger partial charge >= 0.3 is 175 Å². The molecule has 320 valence electrons. The van der Waals surface area contributed by atoms with Crippen molar-refractivity contribution in [2.75, 3.05) is 0 Å². The van der Waals surface area contributed by atoms with Crippen LogP contribution < -0.4 is 24.8 Å². The molecule has 0 fully saturated rings. The van der Waals surface area contributed by atoms with Crippen molar-refractivity contribution in [1.82, 2.24) is 0 Å². The second-order valence-corrected chi connectivity index (χ2v) is 22.7. The van der Waals surface area contributed by atoms with Crippen molar-refractivity contribution in [3.8, 4) is 22.3 Å². The average Bonchev–Trinajstić information content (AvgIpc) is 3.91. The van der Waals surface area contributed by atoms with E-state index in [2.05, 4.69) is 145 Å². The van der Waals surface area contributed by atoms with Gasteiger partial charge in [0.05, 0.1) is 0 Å². The van der Waals surface area contributed by atoms with Gasteiger partial charge in [0.25, 0.3) is 0 Å². The fourth-order valence-corrected chi connectivity index (χ4v) is 8.79. The second-order valence-electron chi connectivity index (χ2n) is 16.9. The van der Waals surface area contributed by atoms with Crippen LogP contribution in [-0.2, 0) is 42.7 Å². The average molecular weight is 1060 g/mol. The van der Waals surface area contributed by atoms with E-state index >= 15 is 0 Å². The van der Waals surface area contributed by atoms with Crippen molar-refractivity contribution in [3.63, 3.8) is 0 Å². The molecular weight excluding hydrogens is 1010 g/mol. The number of benzene rings is 6. The molecule has 0 N–H and O–H groups in total. The summed E-state index contributed by atoms with van der Waals surface area (Å²) in [6.07, 6.45) is 10.0. The first-order valence-corrected chi connectivity index (χ1v) is 23.2. The van der Waals surface area contributed by atoms with Crippen molar-refractivity contribution in [2.45, 2.75) is 66.4 Å². The van der Waals surface area contributed by atoms with Crippen LogP contribution in [0.3, 0.4) is 0 Å². The van der Waals surface area contributed by atoms with Gasteiger partial charge in [-0.1, -0.05) is 114 Å². The van der Waals surface area contributed by atoms with Crippen LogP contribution in [0.2, 0.25) is 0 Å². The summed E-state index contributed by atoms with van der Waals surface area (Å²) in [4.78, 5) is 0. The van der Waals surface area contributed by atoms with E-state index in [1.807, 2.05) is 60.7 Å². The summed E-state index contributed by atoms with van der Waals surface area (Å²) in [5, 5.41) is 5.36. The largest absolute Gasteiger partial charge is 1.00 e. The van der Waals surface area contributed by atoms with E-state index in [9.17, 15) is 0 Å². The Balaban J connectivity index is 0.000000252. The van der Waals surface area contributed by atoms with Crippen molar-refractivity contribution >= 4 is 94.4 Å². The number of halogens is 8. The zero-order valence-electron chi connectivity index (χ0n) is 35.2. The summed E-state index contributed by atoms with van der Waals surface area (Å²) in [6.45, 7) is 13.9. The molecule has 0 unspecified atom stereocenters. The Morgan fingerprint density at radius 3 is 1.18 bits per heavy atom. The van der Waals surface area contributed by atoms with Crippen molar-refractivity contribution in [3.05, 3.63) is 197 Å². The maximum atomic E-state index is 5.86. The Morgan fingerprint density at radius 1 is 0.532 bits per heavy atom. The molecule has 0 aliphatic heterocycles. The van der Waals surface area contributed by atoms with Crippen LogP contribution in [0.4, 0.5) is 0 Å². The third-order valence-corrected chi connectivity index (χ3v) is 13.1. The number of hydrogen-bond acceptors (Lipinski definition) is 0. The molecule has 62 heavy (non-hydrogen) atoms. The number of rotatable bonds is 4. The molecule has 0 spiro atoms. The van der Waals surface area contributed by atoms with Gasteiger partial charge < -0.3 is 24.8 Å². The maximum Gasteiger partial charge on any atom is -0.109 e. The normalized spacial score (nSPS) is 12.5. The first kappa shape index (κ1) is 52.4. The van der Waals surface area contributed by atoms with Gasteiger partial charge in [-0.25, -0.2) is 12.2 Å². The Kier molecular flexibility index (Phi) is 18.4. The monoisotopic (exact) mass is 1050 g/mol. The summed E-state index contributed by atoms with van der Waals surface area (Å²) in [5.41, 5.74) is 11.6. The number of fused-ring (bicyclic) bond motifs is 3. The predicted octanol–water partition coefficient (Wildman–Crippen LogP) is 11.4. The molecule has 0 atom stereocenters. The fraction of sp³-hybridized carbons (Fsp3) is 0.208. The van der Waals surface area contributed by atoms with Gasteiger partial charge in [-0.3, -0.25) is 6.08 Å².